The van der Waals surface area contributed by atoms with Crippen LogP contribution in [0.4, 0.5) is 4.79 Å². The third kappa shape index (κ3) is 5.91. The lowest BCUT2D eigenvalue weighted by Gasteiger charge is -2.38. The molecule has 2 saturated heterocycles. The number of carbonyl (C=O) groups is 3. The average molecular weight is 568 g/mol. The Morgan fingerprint density at radius 3 is 2.38 bits per heavy atom. The molecule has 1 aliphatic carbocycles. The molecule has 5 rings (SSSR count). The van der Waals surface area contributed by atoms with E-state index in [9.17, 15) is 14.4 Å². The number of benzene rings is 2. The van der Waals surface area contributed by atoms with E-state index in [0.717, 1.165) is 67.3 Å². The number of hydrogen-bond acceptors (Lipinski definition) is 4. The van der Waals surface area contributed by atoms with Crippen LogP contribution in [0.3, 0.4) is 0 Å². The maximum absolute atomic E-state index is 13.3. The van der Waals surface area contributed by atoms with Crippen molar-refractivity contribution >= 4 is 33.8 Å². The first-order chi connectivity index (χ1) is 17.9. The summed E-state index contributed by atoms with van der Waals surface area (Å²) >= 11 is 3.42. The third-order valence-electron chi connectivity index (χ3n) is 8.19. The fourth-order valence-corrected chi connectivity index (χ4v) is 6.15. The average Bonchev–Trinajstić information content (AvgIpc) is 3.53. The zero-order chi connectivity index (χ0) is 25.8. The molecule has 2 heterocycles. The predicted octanol–water partition coefficient (Wildman–Crippen LogP) is 4.77. The molecule has 7 nitrogen and oxygen atoms in total. The Balaban J connectivity index is 1.17. The van der Waals surface area contributed by atoms with Crippen molar-refractivity contribution in [1.82, 2.24) is 20.4 Å². The number of amides is 4. The van der Waals surface area contributed by atoms with E-state index < -0.39 is 5.54 Å². The highest BCUT2D eigenvalue weighted by Gasteiger charge is 2.52. The Labute approximate surface area is 227 Å². The molecule has 0 bridgehead atoms. The van der Waals surface area contributed by atoms with Crippen molar-refractivity contribution in [2.24, 2.45) is 5.92 Å². The fraction of sp³-hybridized carbons (Fsp3) is 0.483. The van der Waals surface area contributed by atoms with Crippen LogP contribution in [-0.2, 0) is 16.1 Å². The predicted molar refractivity (Wildman–Crippen MR) is 146 cm³/mol. The molecule has 1 atom stereocenters. The van der Waals surface area contributed by atoms with Gasteiger partial charge in [0.25, 0.3) is 5.91 Å². The molecule has 1 spiro atoms. The van der Waals surface area contributed by atoms with Gasteiger partial charge in [-0.3, -0.25) is 14.5 Å². The number of nitrogens with one attached hydrogen (secondary N) is 2. The van der Waals surface area contributed by atoms with Crippen LogP contribution in [-0.4, -0.2) is 52.8 Å². The molecule has 4 amide bonds. The third-order valence-corrected chi connectivity index (χ3v) is 8.72. The molecule has 0 unspecified atom stereocenters. The van der Waals surface area contributed by atoms with Gasteiger partial charge in [0.1, 0.15) is 5.54 Å². The van der Waals surface area contributed by atoms with Crippen molar-refractivity contribution in [3.05, 3.63) is 70.2 Å². The van der Waals surface area contributed by atoms with E-state index >= 15 is 0 Å². The smallest absolute Gasteiger partial charge is 0.325 e. The van der Waals surface area contributed by atoms with Crippen LogP contribution in [0.25, 0.3) is 0 Å². The number of rotatable bonds is 8. The number of urea groups is 1. The van der Waals surface area contributed by atoms with Crippen LogP contribution in [0.1, 0.15) is 62.1 Å². The molecule has 2 aliphatic heterocycles. The summed E-state index contributed by atoms with van der Waals surface area (Å²) in [6.07, 6.45) is 6.25. The fourth-order valence-electron chi connectivity index (χ4n) is 5.89. The zero-order valence-corrected chi connectivity index (χ0v) is 22.7. The van der Waals surface area contributed by atoms with Crippen LogP contribution in [0.2, 0.25) is 0 Å². The zero-order valence-electron chi connectivity index (χ0n) is 21.1. The first kappa shape index (κ1) is 25.9. The van der Waals surface area contributed by atoms with Gasteiger partial charge in [0.2, 0.25) is 5.91 Å². The Morgan fingerprint density at radius 1 is 1.03 bits per heavy atom. The van der Waals surface area contributed by atoms with Crippen LogP contribution in [0, 0.1) is 5.92 Å². The monoisotopic (exact) mass is 566 g/mol. The Bertz CT molecular complexity index is 1110. The molecule has 3 aliphatic rings. The molecule has 3 fully saturated rings. The van der Waals surface area contributed by atoms with Gasteiger partial charge in [-0.1, -0.05) is 71.2 Å². The number of likely N-dealkylation sites (tertiary alicyclic amines) is 1. The number of carbonyl (C=O) groups excluding carboxylic acids is 3. The summed E-state index contributed by atoms with van der Waals surface area (Å²) in [5, 5.41) is 6.34. The molecular weight excluding hydrogens is 532 g/mol. The maximum atomic E-state index is 13.3. The first-order valence-corrected chi connectivity index (χ1v) is 14.2. The summed E-state index contributed by atoms with van der Waals surface area (Å²) in [4.78, 5) is 42.6. The summed E-state index contributed by atoms with van der Waals surface area (Å²) in [5.41, 5.74) is 1.25. The summed E-state index contributed by atoms with van der Waals surface area (Å²) in [6, 6.07) is 17.5. The number of halogens is 1. The highest BCUT2D eigenvalue weighted by atomic mass is 79.9. The summed E-state index contributed by atoms with van der Waals surface area (Å²) in [7, 11) is 0. The number of nitrogens with zero attached hydrogens (tertiary/aromatic N) is 2. The van der Waals surface area contributed by atoms with E-state index in [4.69, 9.17) is 0 Å². The van der Waals surface area contributed by atoms with Crippen LogP contribution in [0.5, 0.6) is 0 Å². The van der Waals surface area contributed by atoms with E-state index in [2.05, 4.69) is 43.6 Å². The molecule has 0 aromatic heterocycles. The van der Waals surface area contributed by atoms with Crippen molar-refractivity contribution in [3.63, 3.8) is 0 Å². The Hall–Kier alpha value is -2.71. The van der Waals surface area contributed by atoms with Crippen LogP contribution >= 0.6 is 15.9 Å². The van der Waals surface area contributed by atoms with Crippen molar-refractivity contribution in [2.75, 3.05) is 19.6 Å². The second kappa shape index (κ2) is 11.4. The van der Waals surface area contributed by atoms with Crippen LogP contribution in [0.15, 0.2) is 59.1 Å². The first-order valence-electron chi connectivity index (χ1n) is 13.4. The van der Waals surface area contributed by atoms with E-state index in [1.165, 1.54) is 4.90 Å². The quantitative estimate of drug-likeness (QED) is 0.451. The molecule has 8 heteroatoms. The van der Waals surface area contributed by atoms with Crippen molar-refractivity contribution in [1.29, 1.82) is 0 Å². The second-order valence-electron chi connectivity index (χ2n) is 10.6. The molecular formula is C29H35BrN4O3. The summed E-state index contributed by atoms with van der Waals surface area (Å²) < 4.78 is 0.963. The van der Waals surface area contributed by atoms with E-state index in [-0.39, 0.29) is 36.3 Å². The molecule has 2 N–H and O–H groups in total. The van der Waals surface area contributed by atoms with Gasteiger partial charge < -0.3 is 15.5 Å². The Morgan fingerprint density at radius 2 is 1.70 bits per heavy atom. The lowest BCUT2D eigenvalue weighted by Crippen LogP contribution is -2.55. The van der Waals surface area contributed by atoms with Gasteiger partial charge in [-0.05, 0) is 55.4 Å². The lowest BCUT2D eigenvalue weighted by molar-refractivity contribution is -0.133. The topological polar surface area (TPSA) is 81.8 Å². The highest BCUT2D eigenvalue weighted by molar-refractivity contribution is 9.10. The molecule has 2 aromatic rings. The molecule has 2 aromatic carbocycles. The summed E-state index contributed by atoms with van der Waals surface area (Å²) in [6.45, 7) is 2.57. The SMILES string of the molecule is O=C(N[C@@H](CCN1CCC2(CC1)NC(=O)N(Cc1ccc(Br)cc1)C2=O)c1ccccc1)C1CCCC1. The largest absolute Gasteiger partial charge is 0.349 e. The van der Waals surface area contributed by atoms with Gasteiger partial charge in [-0.25, -0.2) is 4.79 Å². The van der Waals surface area contributed by atoms with Crippen molar-refractivity contribution in [2.45, 2.75) is 63.1 Å². The van der Waals surface area contributed by atoms with Gasteiger partial charge in [0.05, 0.1) is 12.6 Å². The molecule has 37 heavy (non-hydrogen) atoms. The van der Waals surface area contributed by atoms with Gasteiger partial charge in [-0.15, -0.1) is 0 Å². The van der Waals surface area contributed by atoms with E-state index in [0.29, 0.717) is 12.8 Å². The van der Waals surface area contributed by atoms with Crippen molar-refractivity contribution < 1.29 is 14.4 Å². The van der Waals surface area contributed by atoms with Gasteiger partial charge >= 0.3 is 6.03 Å². The minimum Gasteiger partial charge on any atom is -0.349 e. The van der Waals surface area contributed by atoms with Crippen molar-refractivity contribution in [3.8, 4) is 0 Å². The summed E-state index contributed by atoms with van der Waals surface area (Å²) in [5.74, 6) is 0.193. The maximum Gasteiger partial charge on any atom is 0.325 e. The lowest BCUT2D eigenvalue weighted by atomic mass is 9.87. The van der Waals surface area contributed by atoms with Gasteiger partial charge in [0, 0.05) is 30.0 Å². The van der Waals surface area contributed by atoms with E-state index in [1.807, 2.05) is 42.5 Å². The van der Waals surface area contributed by atoms with Gasteiger partial charge in [-0.2, -0.15) is 0 Å². The van der Waals surface area contributed by atoms with E-state index in [1.54, 1.807) is 0 Å². The normalized spacial score (nSPS) is 20.8. The highest BCUT2D eigenvalue weighted by Crippen LogP contribution is 2.31. The number of piperidine rings is 1. The molecule has 0 radical (unpaired) electrons. The standard InChI is InChI=1S/C29H35BrN4O3/c30-24-12-10-21(11-13-24)20-34-27(36)29(32-28(34)37)15-18-33(19-16-29)17-14-25(22-6-2-1-3-7-22)31-26(35)23-8-4-5-9-23/h1-3,6-7,10-13,23,25H,4-5,8-9,14-20H2,(H,31,35)(H,32,37)/t25-/m0/s1. The minimum atomic E-state index is -0.807. The molecule has 196 valence electrons. The van der Waals surface area contributed by atoms with Gasteiger partial charge in [0.15, 0.2) is 0 Å². The second-order valence-corrected chi connectivity index (χ2v) is 11.5. The van der Waals surface area contributed by atoms with Crippen LogP contribution < -0.4 is 10.6 Å². The number of hydrogen-bond donors (Lipinski definition) is 2. The number of imide groups is 1. The Kier molecular flexibility index (Phi) is 7.95. The molecule has 1 saturated carbocycles. The minimum absolute atomic E-state index is 0.0283.